The number of methoxy groups -OCH3 is 1. The maximum Gasteiger partial charge on any atom is 0.340 e. The van der Waals surface area contributed by atoms with E-state index in [-0.39, 0.29) is 13.0 Å². The zero-order valence-electron chi connectivity index (χ0n) is 10.3. The number of carbonyl (C=O) groups excluding carboxylic acids is 3. The van der Waals surface area contributed by atoms with Gasteiger partial charge in [-0.15, -0.1) is 0 Å². The van der Waals surface area contributed by atoms with Crippen molar-refractivity contribution in [1.82, 2.24) is 4.90 Å². The molecule has 1 atom stereocenters. The summed E-state index contributed by atoms with van der Waals surface area (Å²) in [5.74, 6) is -1.92. The van der Waals surface area contributed by atoms with Crippen LogP contribution in [-0.4, -0.2) is 42.5 Å². The highest BCUT2D eigenvalue weighted by molar-refractivity contribution is 6.21. The Kier molecular flexibility index (Phi) is 3.59. The first-order valence-corrected chi connectivity index (χ1v) is 5.73. The highest BCUT2D eigenvalue weighted by atomic mass is 19.1. The Morgan fingerprint density at radius 3 is 2.26 bits per heavy atom. The lowest BCUT2D eigenvalue weighted by atomic mass is 10.1. The fraction of sp³-hybridized carbons (Fsp3) is 0.308. The molecule has 1 aliphatic heterocycles. The quantitative estimate of drug-likeness (QED) is 0.606. The molecule has 2 amide bonds. The lowest BCUT2D eigenvalue weighted by Gasteiger charge is -2.14. The average molecular weight is 265 g/mol. The predicted molar refractivity (Wildman–Crippen MR) is 63.3 cm³/mol. The molecule has 0 radical (unpaired) electrons. The number of halogens is 1. The van der Waals surface area contributed by atoms with Crippen LogP contribution in [0.4, 0.5) is 4.39 Å². The molecule has 1 aliphatic rings. The van der Waals surface area contributed by atoms with E-state index in [2.05, 4.69) is 4.74 Å². The molecule has 6 heteroatoms. The highest BCUT2D eigenvalue weighted by Gasteiger charge is 2.35. The van der Waals surface area contributed by atoms with Gasteiger partial charge in [0.05, 0.1) is 18.2 Å². The molecule has 0 spiro atoms. The number of esters is 1. The molecule has 100 valence electrons. The number of ether oxygens (including phenoxy) is 1. The van der Waals surface area contributed by atoms with E-state index in [0.29, 0.717) is 11.1 Å². The first-order valence-electron chi connectivity index (χ1n) is 5.73. The van der Waals surface area contributed by atoms with Gasteiger partial charge in [0.15, 0.2) is 6.17 Å². The molecular formula is C13H12FNO4. The fourth-order valence-corrected chi connectivity index (χ4v) is 1.93. The summed E-state index contributed by atoms with van der Waals surface area (Å²) in [6, 6.07) is 6.39. The van der Waals surface area contributed by atoms with Crippen molar-refractivity contribution in [2.24, 2.45) is 0 Å². The summed E-state index contributed by atoms with van der Waals surface area (Å²) in [7, 11) is 1.08. The summed E-state index contributed by atoms with van der Waals surface area (Å²) in [6.07, 6.45) is -2.10. The van der Waals surface area contributed by atoms with Crippen LogP contribution in [0.3, 0.4) is 0 Å². The van der Waals surface area contributed by atoms with Gasteiger partial charge in [0, 0.05) is 13.0 Å². The number of rotatable bonds is 4. The summed E-state index contributed by atoms with van der Waals surface area (Å²) in [5.41, 5.74) is 0.613. The topological polar surface area (TPSA) is 63.7 Å². The monoisotopic (exact) mass is 265 g/mol. The third-order valence-electron chi connectivity index (χ3n) is 2.94. The second kappa shape index (κ2) is 5.17. The van der Waals surface area contributed by atoms with Crippen LogP contribution in [-0.2, 0) is 9.53 Å². The molecule has 0 aromatic heterocycles. The van der Waals surface area contributed by atoms with Crippen LogP contribution in [0.1, 0.15) is 27.1 Å². The summed E-state index contributed by atoms with van der Waals surface area (Å²) in [5, 5.41) is 0. The van der Waals surface area contributed by atoms with Crippen LogP contribution >= 0.6 is 0 Å². The summed E-state index contributed by atoms with van der Waals surface area (Å²) < 4.78 is 17.5. The van der Waals surface area contributed by atoms with Gasteiger partial charge in [-0.2, -0.15) is 0 Å². The van der Waals surface area contributed by atoms with Crippen LogP contribution in [0.2, 0.25) is 0 Å². The summed E-state index contributed by atoms with van der Waals surface area (Å²) in [4.78, 5) is 35.7. The van der Waals surface area contributed by atoms with E-state index in [1.54, 1.807) is 24.3 Å². The van der Waals surface area contributed by atoms with Crippen molar-refractivity contribution in [2.75, 3.05) is 13.7 Å². The molecule has 0 saturated carbocycles. The molecule has 0 N–H and O–H groups in total. The van der Waals surface area contributed by atoms with Gasteiger partial charge in [-0.1, -0.05) is 12.1 Å². The van der Waals surface area contributed by atoms with Crippen molar-refractivity contribution in [3.63, 3.8) is 0 Å². The number of amides is 2. The third kappa shape index (κ3) is 2.33. The number of carbonyl (C=O) groups is 3. The number of hydrogen-bond acceptors (Lipinski definition) is 4. The predicted octanol–water partition coefficient (Wildman–Crippen LogP) is 1.18. The van der Waals surface area contributed by atoms with E-state index in [9.17, 15) is 18.8 Å². The number of imide groups is 1. The minimum Gasteiger partial charge on any atom is -0.467 e. The van der Waals surface area contributed by atoms with Gasteiger partial charge in [0.2, 0.25) is 0 Å². The highest BCUT2D eigenvalue weighted by Crippen LogP contribution is 2.22. The average Bonchev–Trinajstić information content (AvgIpc) is 2.68. The minimum atomic E-state index is -1.84. The fourth-order valence-electron chi connectivity index (χ4n) is 1.93. The van der Waals surface area contributed by atoms with E-state index in [4.69, 9.17) is 0 Å². The summed E-state index contributed by atoms with van der Waals surface area (Å²) in [6.45, 7) is -0.150. The third-order valence-corrected chi connectivity index (χ3v) is 2.94. The molecule has 5 nitrogen and oxygen atoms in total. The van der Waals surface area contributed by atoms with Crippen LogP contribution in [0.5, 0.6) is 0 Å². The standard InChI is InChI=1S/C13H12FNO4/c1-19-13(18)10(14)6-7-15-11(16)8-4-2-3-5-9(8)12(15)17/h2-5,10H,6-7H2,1H3/t10-/m1/s1. The zero-order valence-corrected chi connectivity index (χ0v) is 10.3. The van der Waals surface area contributed by atoms with Crippen LogP contribution in [0.15, 0.2) is 24.3 Å². The maximum absolute atomic E-state index is 13.3. The van der Waals surface area contributed by atoms with E-state index in [1.165, 1.54) is 0 Å². The Morgan fingerprint density at radius 2 is 1.79 bits per heavy atom. The van der Waals surface area contributed by atoms with Gasteiger partial charge in [-0.3, -0.25) is 14.5 Å². The lowest BCUT2D eigenvalue weighted by Crippen LogP contribution is -2.33. The van der Waals surface area contributed by atoms with Gasteiger partial charge in [-0.25, -0.2) is 9.18 Å². The van der Waals surface area contributed by atoms with E-state index in [1.807, 2.05) is 0 Å². The first-order chi connectivity index (χ1) is 9.06. The first kappa shape index (κ1) is 13.2. The minimum absolute atomic E-state index is 0.150. The molecule has 1 aromatic carbocycles. The maximum atomic E-state index is 13.3. The number of benzene rings is 1. The smallest absolute Gasteiger partial charge is 0.340 e. The molecule has 1 aromatic rings. The Hall–Kier alpha value is -2.24. The number of nitrogens with zero attached hydrogens (tertiary/aromatic N) is 1. The number of alkyl halides is 1. The van der Waals surface area contributed by atoms with Gasteiger partial charge >= 0.3 is 5.97 Å². The van der Waals surface area contributed by atoms with Gasteiger partial charge in [-0.05, 0) is 12.1 Å². The van der Waals surface area contributed by atoms with Crippen LogP contribution in [0.25, 0.3) is 0 Å². The molecule has 0 saturated heterocycles. The number of hydrogen-bond donors (Lipinski definition) is 0. The Balaban J connectivity index is 2.07. The second-order valence-electron chi connectivity index (χ2n) is 4.09. The van der Waals surface area contributed by atoms with Gasteiger partial charge < -0.3 is 4.74 Å². The molecule has 2 rings (SSSR count). The Morgan fingerprint density at radius 1 is 1.26 bits per heavy atom. The van der Waals surface area contributed by atoms with Crippen molar-refractivity contribution >= 4 is 17.8 Å². The Labute approximate surface area is 109 Å². The van der Waals surface area contributed by atoms with Crippen molar-refractivity contribution < 1.29 is 23.5 Å². The lowest BCUT2D eigenvalue weighted by molar-refractivity contribution is -0.146. The van der Waals surface area contributed by atoms with E-state index >= 15 is 0 Å². The largest absolute Gasteiger partial charge is 0.467 e. The summed E-state index contributed by atoms with van der Waals surface area (Å²) >= 11 is 0. The second-order valence-corrected chi connectivity index (χ2v) is 4.09. The molecule has 0 aliphatic carbocycles. The molecule has 0 fully saturated rings. The normalized spacial score (nSPS) is 15.4. The van der Waals surface area contributed by atoms with Crippen molar-refractivity contribution in [3.05, 3.63) is 35.4 Å². The van der Waals surface area contributed by atoms with Gasteiger partial charge in [0.25, 0.3) is 11.8 Å². The molecule has 0 bridgehead atoms. The van der Waals surface area contributed by atoms with E-state index in [0.717, 1.165) is 12.0 Å². The molecule has 1 heterocycles. The number of fused-ring (bicyclic) bond motifs is 1. The molecule has 0 unspecified atom stereocenters. The van der Waals surface area contributed by atoms with E-state index < -0.39 is 24.0 Å². The van der Waals surface area contributed by atoms with Crippen LogP contribution in [0, 0.1) is 0 Å². The van der Waals surface area contributed by atoms with Crippen molar-refractivity contribution in [3.8, 4) is 0 Å². The zero-order chi connectivity index (χ0) is 14.0. The molecule has 19 heavy (non-hydrogen) atoms. The Bertz CT molecular complexity index is 508. The van der Waals surface area contributed by atoms with Gasteiger partial charge in [0.1, 0.15) is 0 Å². The molecular weight excluding hydrogens is 253 g/mol. The van der Waals surface area contributed by atoms with Crippen molar-refractivity contribution in [1.29, 1.82) is 0 Å². The van der Waals surface area contributed by atoms with Crippen molar-refractivity contribution in [2.45, 2.75) is 12.6 Å². The van der Waals surface area contributed by atoms with Crippen LogP contribution < -0.4 is 0 Å². The SMILES string of the molecule is COC(=O)[C@H](F)CCN1C(=O)c2ccccc2C1=O.